The fourth-order valence-corrected chi connectivity index (χ4v) is 2.91. The first-order valence-electron chi connectivity index (χ1n) is 4.75. The Hall–Kier alpha value is -0.470. The Bertz CT molecular complexity index is 285. The Morgan fingerprint density at radius 2 is 2.23 bits per heavy atom. The van der Waals surface area contributed by atoms with Crippen molar-refractivity contribution < 1.29 is 5.11 Å². The third kappa shape index (κ3) is 2.06. The van der Waals surface area contributed by atoms with Gasteiger partial charge in [0.2, 0.25) is 0 Å². The van der Waals surface area contributed by atoms with E-state index in [4.69, 9.17) is 5.11 Å². The quantitative estimate of drug-likeness (QED) is 0.741. The Labute approximate surface area is 83.2 Å². The lowest BCUT2D eigenvalue weighted by Crippen LogP contribution is -2.06. The summed E-state index contributed by atoms with van der Waals surface area (Å²) in [5, 5.41) is 9.53. The molecule has 0 amide bonds. The minimum absolute atomic E-state index is 0.305. The summed E-state index contributed by atoms with van der Waals surface area (Å²) in [6.45, 7) is 0.305. The van der Waals surface area contributed by atoms with E-state index >= 15 is 0 Å². The van der Waals surface area contributed by atoms with E-state index in [0.717, 1.165) is 6.42 Å². The molecule has 1 aromatic carbocycles. The van der Waals surface area contributed by atoms with Gasteiger partial charge in [-0.15, -0.1) is 11.8 Å². The molecule has 1 N–H and O–H groups in total. The first kappa shape index (κ1) is 9.10. The molecule has 0 radical (unpaired) electrons. The molecule has 0 bridgehead atoms. The summed E-state index contributed by atoms with van der Waals surface area (Å²) in [5.41, 5.74) is 1.45. The molecule has 1 atom stereocenters. The smallest absolute Gasteiger partial charge is 0.0553 e. The highest BCUT2D eigenvalue weighted by atomic mass is 32.2. The Kier molecular flexibility index (Phi) is 2.91. The fraction of sp³-hybridized carbons (Fsp3) is 0.455. The van der Waals surface area contributed by atoms with E-state index < -0.39 is 0 Å². The Morgan fingerprint density at radius 3 is 3.08 bits per heavy atom. The molecule has 2 heteroatoms. The van der Waals surface area contributed by atoms with Crippen LogP contribution < -0.4 is 0 Å². The van der Waals surface area contributed by atoms with Gasteiger partial charge < -0.3 is 5.11 Å². The van der Waals surface area contributed by atoms with E-state index in [1.165, 1.54) is 23.3 Å². The molecular formula is C11H14OS. The maximum absolute atomic E-state index is 9.12. The molecule has 0 saturated carbocycles. The average molecular weight is 194 g/mol. The third-order valence-electron chi connectivity index (χ3n) is 2.44. The lowest BCUT2D eigenvalue weighted by atomic mass is 10.1. The van der Waals surface area contributed by atoms with E-state index in [2.05, 4.69) is 24.3 Å². The van der Waals surface area contributed by atoms with Crippen molar-refractivity contribution in [1.82, 2.24) is 0 Å². The van der Waals surface area contributed by atoms with Gasteiger partial charge in [-0.05, 0) is 30.9 Å². The lowest BCUT2D eigenvalue weighted by Gasteiger charge is -2.09. The van der Waals surface area contributed by atoms with Crippen LogP contribution in [0.2, 0.25) is 0 Å². The predicted octanol–water partition coefficient (Wildman–Crippen LogP) is 2.48. The normalized spacial score (nSPS) is 22.1. The molecule has 70 valence electrons. The Balaban J connectivity index is 2.23. The SMILES string of the molecule is OCC1CCCc2ccccc2S1. The summed E-state index contributed by atoms with van der Waals surface area (Å²) >= 11 is 1.83. The largest absolute Gasteiger partial charge is 0.395 e. The molecule has 0 spiro atoms. The van der Waals surface area contributed by atoms with Gasteiger partial charge in [0.25, 0.3) is 0 Å². The molecule has 0 saturated heterocycles. The number of aryl methyl sites for hydroxylation is 1. The second kappa shape index (κ2) is 4.16. The lowest BCUT2D eigenvalue weighted by molar-refractivity contribution is 0.289. The van der Waals surface area contributed by atoms with Crippen molar-refractivity contribution in [2.24, 2.45) is 0 Å². The van der Waals surface area contributed by atoms with Crippen molar-refractivity contribution in [2.75, 3.05) is 6.61 Å². The second-order valence-electron chi connectivity index (χ2n) is 3.42. The van der Waals surface area contributed by atoms with Gasteiger partial charge in [0.05, 0.1) is 6.61 Å². The molecule has 1 heterocycles. The third-order valence-corrected chi connectivity index (χ3v) is 3.81. The van der Waals surface area contributed by atoms with Gasteiger partial charge >= 0.3 is 0 Å². The summed E-state index contributed by atoms with van der Waals surface area (Å²) in [4.78, 5) is 1.36. The molecule has 1 aromatic rings. The van der Waals surface area contributed by atoms with Gasteiger partial charge in [0.15, 0.2) is 0 Å². The zero-order valence-electron chi connectivity index (χ0n) is 7.57. The average Bonchev–Trinajstić information content (AvgIpc) is 2.38. The van der Waals surface area contributed by atoms with Crippen molar-refractivity contribution in [3.63, 3.8) is 0 Å². The topological polar surface area (TPSA) is 20.2 Å². The van der Waals surface area contributed by atoms with E-state index in [9.17, 15) is 0 Å². The molecule has 0 aromatic heterocycles. The zero-order valence-corrected chi connectivity index (χ0v) is 8.39. The number of fused-ring (bicyclic) bond motifs is 1. The van der Waals surface area contributed by atoms with Crippen molar-refractivity contribution >= 4 is 11.8 Å². The monoisotopic (exact) mass is 194 g/mol. The standard InChI is InChI=1S/C11H14OS/c12-8-10-6-3-5-9-4-1-2-7-11(9)13-10/h1-2,4,7,10,12H,3,5-6,8H2. The minimum Gasteiger partial charge on any atom is -0.395 e. The Morgan fingerprint density at radius 1 is 1.38 bits per heavy atom. The highest BCUT2D eigenvalue weighted by molar-refractivity contribution is 8.00. The molecule has 1 aliphatic heterocycles. The van der Waals surface area contributed by atoms with Crippen molar-refractivity contribution in [3.8, 4) is 0 Å². The molecule has 1 aliphatic rings. The van der Waals surface area contributed by atoms with Gasteiger partial charge in [-0.2, -0.15) is 0 Å². The van der Waals surface area contributed by atoms with Crippen LogP contribution in [0.5, 0.6) is 0 Å². The number of aliphatic hydroxyl groups is 1. The second-order valence-corrected chi connectivity index (χ2v) is 4.76. The predicted molar refractivity (Wildman–Crippen MR) is 56.1 cm³/mol. The zero-order chi connectivity index (χ0) is 9.10. The fourth-order valence-electron chi connectivity index (χ4n) is 1.71. The van der Waals surface area contributed by atoms with Crippen molar-refractivity contribution in [2.45, 2.75) is 29.4 Å². The van der Waals surface area contributed by atoms with E-state index in [0.29, 0.717) is 11.9 Å². The summed E-state index contributed by atoms with van der Waals surface area (Å²) in [6.07, 6.45) is 3.50. The summed E-state index contributed by atoms with van der Waals surface area (Å²) in [5.74, 6) is 0. The van der Waals surface area contributed by atoms with Crippen molar-refractivity contribution in [1.29, 1.82) is 0 Å². The summed E-state index contributed by atoms with van der Waals surface area (Å²) in [6, 6.07) is 8.53. The number of benzene rings is 1. The van der Waals surface area contributed by atoms with Crippen LogP contribution in [0.3, 0.4) is 0 Å². The summed E-state index contributed by atoms with van der Waals surface area (Å²) in [7, 11) is 0. The van der Waals surface area contributed by atoms with Gasteiger partial charge in [-0.1, -0.05) is 18.2 Å². The molecule has 1 nitrogen and oxygen atoms in total. The van der Waals surface area contributed by atoms with Crippen LogP contribution in [0.4, 0.5) is 0 Å². The van der Waals surface area contributed by atoms with Crippen LogP contribution in [-0.4, -0.2) is 17.0 Å². The number of hydrogen-bond donors (Lipinski definition) is 1. The van der Waals surface area contributed by atoms with Gasteiger partial charge in [0, 0.05) is 10.1 Å². The highest BCUT2D eigenvalue weighted by Crippen LogP contribution is 2.33. The maximum Gasteiger partial charge on any atom is 0.0553 e. The van der Waals surface area contributed by atoms with E-state index in [1.54, 1.807) is 0 Å². The minimum atomic E-state index is 0.305. The summed E-state index contributed by atoms with van der Waals surface area (Å²) < 4.78 is 0. The molecular weight excluding hydrogens is 180 g/mol. The van der Waals surface area contributed by atoms with Gasteiger partial charge in [-0.3, -0.25) is 0 Å². The number of hydrogen-bond acceptors (Lipinski definition) is 2. The van der Waals surface area contributed by atoms with Crippen molar-refractivity contribution in [3.05, 3.63) is 29.8 Å². The van der Waals surface area contributed by atoms with Crippen LogP contribution in [-0.2, 0) is 6.42 Å². The number of thioether (sulfide) groups is 1. The molecule has 13 heavy (non-hydrogen) atoms. The van der Waals surface area contributed by atoms with E-state index in [1.807, 2.05) is 11.8 Å². The van der Waals surface area contributed by atoms with E-state index in [-0.39, 0.29) is 0 Å². The van der Waals surface area contributed by atoms with Crippen LogP contribution in [0, 0.1) is 0 Å². The molecule has 1 unspecified atom stereocenters. The van der Waals surface area contributed by atoms with Crippen LogP contribution in [0.25, 0.3) is 0 Å². The van der Waals surface area contributed by atoms with Crippen LogP contribution in [0.15, 0.2) is 29.2 Å². The molecule has 0 fully saturated rings. The molecule has 0 aliphatic carbocycles. The maximum atomic E-state index is 9.12. The number of aliphatic hydroxyl groups excluding tert-OH is 1. The van der Waals surface area contributed by atoms with Gasteiger partial charge in [-0.25, -0.2) is 0 Å². The van der Waals surface area contributed by atoms with Crippen LogP contribution in [0.1, 0.15) is 18.4 Å². The van der Waals surface area contributed by atoms with Crippen LogP contribution >= 0.6 is 11.8 Å². The van der Waals surface area contributed by atoms with Gasteiger partial charge in [0.1, 0.15) is 0 Å². The highest BCUT2D eigenvalue weighted by Gasteiger charge is 2.15. The molecule has 2 rings (SSSR count). The first-order chi connectivity index (χ1) is 6.40. The first-order valence-corrected chi connectivity index (χ1v) is 5.63. The number of rotatable bonds is 1.